The Morgan fingerprint density at radius 2 is 1.46 bits per heavy atom. The summed E-state index contributed by atoms with van der Waals surface area (Å²) < 4.78 is 5.63. The molecule has 0 aromatic heterocycles. The molecule has 188 valence electrons. The second-order valence-electron chi connectivity index (χ2n) is 9.61. The molecule has 0 saturated heterocycles. The van der Waals surface area contributed by atoms with E-state index in [9.17, 15) is 19.5 Å². The molecule has 2 atom stereocenters. The largest absolute Gasteiger partial charge is 0.480 e. The van der Waals surface area contributed by atoms with Crippen molar-refractivity contribution in [2.75, 3.05) is 6.61 Å². The van der Waals surface area contributed by atoms with Crippen molar-refractivity contribution in [3.05, 3.63) is 59.7 Å². The van der Waals surface area contributed by atoms with Crippen LogP contribution in [0.1, 0.15) is 64.5 Å². The SMILES string of the molecule is CCC(CC)(NC(=O)C(C(C)C)C(C)NC(=O)OCC1c2ccccc2-c2ccccc21)C(=O)O. The smallest absolute Gasteiger partial charge is 0.407 e. The number of rotatable bonds is 10. The number of benzene rings is 2. The first kappa shape index (κ1) is 26.3. The summed E-state index contributed by atoms with van der Waals surface area (Å²) >= 11 is 0. The highest BCUT2D eigenvalue weighted by Crippen LogP contribution is 2.44. The van der Waals surface area contributed by atoms with E-state index in [1.54, 1.807) is 20.8 Å². The molecule has 0 heterocycles. The number of ether oxygens (including phenoxy) is 1. The number of nitrogens with one attached hydrogen (secondary N) is 2. The van der Waals surface area contributed by atoms with Crippen LogP contribution in [0.2, 0.25) is 0 Å². The summed E-state index contributed by atoms with van der Waals surface area (Å²) in [7, 11) is 0. The van der Waals surface area contributed by atoms with Gasteiger partial charge in [0.15, 0.2) is 0 Å². The van der Waals surface area contributed by atoms with Gasteiger partial charge in [-0.1, -0.05) is 76.2 Å². The van der Waals surface area contributed by atoms with Crippen LogP contribution in [0, 0.1) is 11.8 Å². The van der Waals surface area contributed by atoms with Crippen LogP contribution < -0.4 is 10.6 Å². The third-order valence-corrected chi connectivity index (χ3v) is 7.23. The minimum Gasteiger partial charge on any atom is -0.480 e. The van der Waals surface area contributed by atoms with E-state index in [1.165, 1.54) is 0 Å². The van der Waals surface area contributed by atoms with Crippen molar-refractivity contribution in [2.24, 2.45) is 11.8 Å². The molecule has 2 amide bonds. The van der Waals surface area contributed by atoms with E-state index in [2.05, 4.69) is 34.9 Å². The lowest BCUT2D eigenvalue weighted by Gasteiger charge is -2.33. The number of hydrogen-bond acceptors (Lipinski definition) is 4. The summed E-state index contributed by atoms with van der Waals surface area (Å²) in [5.41, 5.74) is 3.22. The number of fused-ring (bicyclic) bond motifs is 3. The Hall–Kier alpha value is -3.35. The molecule has 1 aliphatic carbocycles. The molecule has 0 aliphatic heterocycles. The number of carbonyl (C=O) groups is 3. The standard InChI is InChI=1S/C28H36N2O5/c1-6-28(7-2,26(32)33)30-25(31)24(17(3)4)18(5)29-27(34)35-16-23-21-14-10-8-12-19(21)20-13-9-11-15-22(20)23/h8-15,17-18,23-24H,6-7,16H2,1-5H3,(H,29,34)(H,30,31)(H,32,33). The van der Waals surface area contributed by atoms with Crippen molar-refractivity contribution < 1.29 is 24.2 Å². The first-order valence-corrected chi connectivity index (χ1v) is 12.3. The Kier molecular flexibility index (Phi) is 8.20. The third-order valence-electron chi connectivity index (χ3n) is 7.23. The molecule has 0 fully saturated rings. The van der Waals surface area contributed by atoms with Crippen molar-refractivity contribution in [2.45, 2.75) is 65.0 Å². The minimum absolute atomic E-state index is 0.0575. The van der Waals surface area contributed by atoms with Crippen molar-refractivity contribution >= 4 is 18.0 Å². The maximum absolute atomic E-state index is 13.1. The molecule has 2 aromatic carbocycles. The van der Waals surface area contributed by atoms with Crippen LogP contribution in [-0.2, 0) is 14.3 Å². The zero-order valence-electron chi connectivity index (χ0n) is 21.1. The van der Waals surface area contributed by atoms with Gasteiger partial charge in [-0.15, -0.1) is 0 Å². The highest BCUT2D eigenvalue weighted by Gasteiger charge is 2.40. The van der Waals surface area contributed by atoms with Crippen LogP contribution in [0.25, 0.3) is 11.1 Å². The van der Waals surface area contributed by atoms with E-state index in [0.29, 0.717) is 0 Å². The predicted octanol–water partition coefficient (Wildman–Crippen LogP) is 4.95. The summed E-state index contributed by atoms with van der Waals surface area (Å²) in [5, 5.41) is 15.2. The van der Waals surface area contributed by atoms with Crippen molar-refractivity contribution in [3.8, 4) is 11.1 Å². The lowest BCUT2D eigenvalue weighted by Crippen LogP contribution is -2.58. The van der Waals surface area contributed by atoms with Gasteiger partial charge in [-0.05, 0) is 47.9 Å². The van der Waals surface area contributed by atoms with E-state index in [4.69, 9.17) is 4.74 Å². The average Bonchev–Trinajstić information content (AvgIpc) is 3.14. The monoisotopic (exact) mass is 480 g/mol. The van der Waals surface area contributed by atoms with Crippen molar-refractivity contribution in [3.63, 3.8) is 0 Å². The Morgan fingerprint density at radius 1 is 0.943 bits per heavy atom. The molecular weight excluding hydrogens is 444 g/mol. The second-order valence-corrected chi connectivity index (χ2v) is 9.61. The first-order chi connectivity index (χ1) is 16.6. The Balaban J connectivity index is 1.67. The molecule has 35 heavy (non-hydrogen) atoms. The number of carbonyl (C=O) groups excluding carboxylic acids is 2. The van der Waals surface area contributed by atoms with Crippen LogP contribution in [0.5, 0.6) is 0 Å². The fraction of sp³-hybridized carbons (Fsp3) is 0.464. The van der Waals surface area contributed by atoms with Gasteiger partial charge in [0.1, 0.15) is 12.1 Å². The summed E-state index contributed by atoms with van der Waals surface area (Å²) in [4.78, 5) is 37.7. The number of alkyl carbamates (subject to hydrolysis) is 1. The van der Waals surface area contributed by atoms with Gasteiger partial charge in [-0.25, -0.2) is 9.59 Å². The number of hydrogen-bond donors (Lipinski definition) is 3. The molecule has 2 unspecified atom stereocenters. The summed E-state index contributed by atoms with van der Waals surface area (Å²) in [6.45, 7) is 9.15. The average molecular weight is 481 g/mol. The summed E-state index contributed by atoms with van der Waals surface area (Å²) in [5.74, 6) is -2.25. The highest BCUT2D eigenvalue weighted by molar-refractivity contribution is 5.88. The van der Waals surface area contributed by atoms with E-state index in [0.717, 1.165) is 22.3 Å². The number of carboxylic acids is 1. The zero-order valence-corrected chi connectivity index (χ0v) is 21.1. The minimum atomic E-state index is -1.33. The first-order valence-electron chi connectivity index (χ1n) is 12.3. The van der Waals surface area contributed by atoms with E-state index in [1.807, 2.05) is 38.1 Å². The van der Waals surface area contributed by atoms with E-state index in [-0.39, 0.29) is 31.3 Å². The fourth-order valence-electron chi connectivity index (χ4n) is 5.12. The van der Waals surface area contributed by atoms with Gasteiger partial charge in [-0.3, -0.25) is 4.79 Å². The molecule has 1 aliphatic rings. The van der Waals surface area contributed by atoms with Gasteiger partial charge in [0, 0.05) is 12.0 Å². The van der Waals surface area contributed by atoms with Gasteiger partial charge in [0.05, 0.1) is 5.92 Å². The van der Waals surface area contributed by atoms with Gasteiger partial charge < -0.3 is 20.5 Å². The van der Waals surface area contributed by atoms with Crippen LogP contribution >= 0.6 is 0 Å². The molecule has 3 N–H and O–H groups in total. The van der Waals surface area contributed by atoms with Gasteiger partial charge in [-0.2, -0.15) is 0 Å². The van der Waals surface area contributed by atoms with E-state index < -0.39 is 35.5 Å². The van der Waals surface area contributed by atoms with Gasteiger partial charge in [0.2, 0.25) is 5.91 Å². The lowest BCUT2D eigenvalue weighted by molar-refractivity contribution is -0.149. The Labute approximate surface area is 207 Å². The van der Waals surface area contributed by atoms with Crippen molar-refractivity contribution in [1.29, 1.82) is 0 Å². The highest BCUT2D eigenvalue weighted by atomic mass is 16.5. The van der Waals surface area contributed by atoms with Crippen LogP contribution in [-0.4, -0.2) is 41.3 Å². The molecule has 2 aromatic rings. The fourth-order valence-corrected chi connectivity index (χ4v) is 5.12. The topological polar surface area (TPSA) is 105 Å². The van der Waals surface area contributed by atoms with Gasteiger partial charge >= 0.3 is 12.1 Å². The zero-order chi connectivity index (χ0) is 25.8. The molecule has 7 heteroatoms. The molecule has 0 radical (unpaired) electrons. The normalized spacial score (nSPS) is 14.6. The maximum Gasteiger partial charge on any atom is 0.407 e. The lowest BCUT2D eigenvalue weighted by atomic mass is 9.85. The molecule has 0 saturated carbocycles. The van der Waals surface area contributed by atoms with Crippen LogP contribution in [0.3, 0.4) is 0 Å². The maximum atomic E-state index is 13.1. The van der Waals surface area contributed by atoms with E-state index >= 15 is 0 Å². The molecule has 7 nitrogen and oxygen atoms in total. The van der Waals surface area contributed by atoms with Crippen molar-refractivity contribution in [1.82, 2.24) is 10.6 Å². The summed E-state index contributed by atoms with van der Waals surface area (Å²) in [6.07, 6.45) is -0.0686. The Bertz CT molecular complexity index is 1030. The molecule has 0 bridgehead atoms. The van der Waals surface area contributed by atoms with Crippen LogP contribution in [0.15, 0.2) is 48.5 Å². The van der Waals surface area contributed by atoms with Gasteiger partial charge in [0.25, 0.3) is 0 Å². The summed E-state index contributed by atoms with van der Waals surface area (Å²) in [6, 6.07) is 15.7. The molecule has 3 rings (SSSR count). The number of amides is 2. The number of carboxylic acid groups (broad SMARTS) is 1. The quantitative estimate of drug-likeness (QED) is 0.447. The second kappa shape index (κ2) is 10.9. The Morgan fingerprint density at radius 3 is 1.91 bits per heavy atom. The third kappa shape index (κ3) is 5.34. The van der Waals surface area contributed by atoms with Crippen LogP contribution in [0.4, 0.5) is 4.79 Å². The molecular formula is C28H36N2O5. The predicted molar refractivity (Wildman–Crippen MR) is 135 cm³/mol. The number of aliphatic carboxylic acids is 1. The molecule has 0 spiro atoms.